The first-order chi connectivity index (χ1) is 8.22. The van der Waals surface area contributed by atoms with Gasteiger partial charge in [0.05, 0.1) is 6.10 Å². The van der Waals surface area contributed by atoms with Crippen molar-refractivity contribution in [2.75, 3.05) is 18.0 Å². The third-order valence-electron chi connectivity index (χ3n) is 3.62. The van der Waals surface area contributed by atoms with Crippen LogP contribution < -0.4 is 4.90 Å². The molecule has 0 radical (unpaired) electrons. The summed E-state index contributed by atoms with van der Waals surface area (Å²) in [4.78, 5) is 2.43. The van der Waals surface area contributed by atoms with Crippen LogP contribution in [0, 0.1) is 5.92 Å². The number of nitrogens with zero attached hydrogens (tertiary/aromatic N) is 1. The van der Waals surface area contributed by atoms with Crippen LogP contribution in [0.1, 0.15) is 44.8 Å². The average molecular weight is 233 g/mol. The van der Waals surface area contributed by atoms with Crippen LogP contribution in [0.2, 0.25) is 0 Å². The molecule has 2 nitrogen and oxygen atoms in total. The van der Waals surface area contributed by atoms with Crippen LogP contribution >= 0.6 is 0 Å². The van der Waals surface area contributed by atoms with Gasteiger partial charge in [0, 0.05) is 24.3 Å². The molecule has 1 aromatic carbocycles. The molecule has 0 bridgehead atoms. The van der Waals surface area contributed by atoms with Crippen LogP contribution in [0.4, 0.5) is 5.69 Å². The number of rotatable bonds is 4. The van der Waals surface area contributed by atoms with E-state index in [0.29, 0.717) is 0 Å². The van der Waals surface area contributed by atoms with E-state index in [2.05, 4.69) is 36.9 Å². The largest absolute Gasteiger partial charge is 0.388 e. The molecule has 2 rings (SSSR count). The molecule has 2 unspecified atom stereocenters. The summed E-state index contributed by atoms with van der Waals surface area (Å²) >= 11 is 0. The number of hydrogen-bond acceptors (Lipinski definition) is 2. The zero-order valence-electron chi connectivity index (χ0n) is 10.9. The highest BCUT2D eigenvalue weighted by Gasteiger charge is 2.23. The van der Waals surface area contributed by atoms with E-state index in [4.69, 9.17) is 0 Å². The number of para-hydroxylation sites is 1. The molecule has 0 amide bonds. The molecular formula is C15H23NO. The van der Waals surface area contributed by atoms with Crippen LogP contribution in [0.5, 0.6) is 0 Å². The Balaban J connectivity index is 2.13. The fourth-order valence-electron chi connectivity index (χ4n) is 2.76. The van der Waals surface area contributed by atoms with Gasteiger partial charge in [-0.25, -0.2) is 0 Å². The number of hydrogen-bond donors (Lipinski definition) is 1. The Morgan fingerprint density at radius 3 is 2.94 bits per heavy atom. The summed E-state index contributed by atoms with van der Waals surface area (Å²) < 4.78 is 0. The first-order valence-electron chi connectivity index (χ1n) is 6.74. The topological polar surface area (TPSA) is 23.5 Å². The van der Waals surface area contributed by atoms with Crippen molar-refractivity contribution in [3.05, 3.63) is 29.8 Å². The van der Waals surface area contributed by atoms with E-state index in [1.165, 1.54) is 18.5 Å². The molecule has 1 heterocycles. The number of fused-ring (bicyclic) bond motifs is 1. The predicted octanol–water partition coefficient (Wildman–Crippen LogP) is 3.37. The summed E-state index contributed by atoms with van der Waals surface area (Å²) in [6.45, 7) is 6.64. The Kier molecular flexibility index (Phi) is 4.06. The standard InChI is InChI=1S/C15H23NO/c1-3-6-12(2)11-16-10-9-15(17)13-7-4-5-8-14(13)16/h4-5,7-8,12,15,17H,3,6,9-11H2,1-2H3. The van der Waals surface area contributed by atoms with Gasteiger partial charge >= 0.3 is 0 Å². The summed E-state index contributed by atoms with van der Waals surface area (Å²) in [5, 5.41) is 9.99. The molecule has 17 heavy (non-hydrogen) atoms. The number of aliphatic hydroxyl groups excluding tert-OH is 1. The monoisotopic (exact) mass is 233 g/mol. The molecule has 94 valence electrons. The average Bonchev–Trinajstić information content (AvgIpc) is 2.34. The van der Waals surface area contributed by atoms with Crippen molar-refractivity contribution in [1.29, 1.82) is 0 Å². The lowest BCUT2D eigenvalue weighted by Crippen LogP contribution is -2.34. The zero-order valence-corrected chi connectivity index (χ0v) is 10.9. The molecule has 0 aromatic heterocycles. The van der Waals surface area contributed by atoms with Crippen molar-refractivity contribution >= 4 is 5.69 Å². The normalized spacial score (nSPS) is 21.1. The molecule has 2 heteroatoms. The molecule has 1 aliphatic heterocycles. The summed E-state index contributed by atoms with van der Waals surface area (Å²) in [5.41, 5.74) is 2.33. The fraction of sp³-hybridized carbons (Fsp3) is 0.600. The number of benzene rings is 1. The third-order valence-corrected chi connectivity index (χ3v) is 3.62. The van der Waals surface area contributed by atoms with Gasteiger partial charge in [-0.05, 0) is 24.8 Å². The van der Waals surface area contributed by atoms with Crippen LogP contribution in [0.25, 0.3) is 0 Å². The lowest BCUT2D eigenvalue weighted by atomic mass is 9.97. The smallest absolute Gasteiger partial charge is 0.0826 e. The first kappa shape index (κ1) is 12.4. The van der Waals surface area contributed by atoms with Gasteiger partial charge in [-0.1, -0.05) is 38.5 Å². The number of aliphatic hydroxyl groups is 1. The molecule has 1 N–H and O–H groups in total. The Morgan fingerprint density at radius 1 is 1.41 bits per heavy atom. The maximum Gasteiger partial charge on any atom is 0.0826 e. The van der Waals surface area contributed by atoms with Gasteiger partial charge in [0.1, 0.15) is 0 Å². The second-order valence-electron chi connectivity index (χ2n) is 5.20. The van der Waals surface area contributed by atoms with Crippen LogP contribution in [-0.4, -0.2) is 18.2 Å². The minimum atomic E-state index is -0.274. The van der Waals surface area contributed by atoms with Gasteiger partial charge in [0.15, 0.2) is 0 Å². The Hall–Kier alpha value is -1.02. The van der Waals surface area contributed by atoms with Crippen LogP contribution in [0.3, 0.4) is 0 Å². The lowest BCUT2D eigenvalue weighted by Gasteiger charge is -2.35. The molecule has 1 aromatic rings. The summed E-state index contributed by atoms with van der Waals surface area (Å²) in [6.07, 6.45) is 3.11. The molecule has 0 fully saturated rings. The van der Waals surface area contributed by atoms with E-state index in [1.54, 1.807) is 0 Å². The van der Waals surface area contributed by atoms with Gasteiger partial charge < -0.3 is 10.0 Å². The fourth-order valence-corrected chi connectivity index (χ4v) is 2.76. The van der Waals surface area contributed by atoms with Crippen molar-refractivity contribution in [2.45, 2.75) is 39.2 Å². The van der Waals surface area contributed by atoms with Crippen LogP contribution in [0.15, 0.2) is 24.3 Å². The van der Waals surface area contributed by atoms with Crippen molar-refractivity contribution in [3.63, 3.8) is 0 Å². The van der Waals surface area contributed by atoms with E-state index < -0.39 is 0 Å². The molecule has 0 aliphatic carbocycles. The Bertz CT molecular complexity index is 364. The molecule has 0 saturated heterocycles. The molecule has 1 aliphatic rings. The van der Waals surface area contributed by atoms with E-state index in [-0.39, 0.29) is 6.10 Å². The van der Waals surface area contributed by atoms with E-state index in [1.807, 2.05) is 6.07 Å². The second-order valence-corrected chi connectivity index (χ2v) is 5.20. The van der Waals surface area contributed by atoms with Gasteiger partial charge in [-0.3, -0.25) is 0 Å². The summed E-state index contributed by atoms with van der Waals surface area (Å²) in [6, 6.07) is 8.27. The molecular weight excluding hydrogens is 210 g/mol. The minimum absolute atomic E-state index is 0.274. The molecule has 0 spiro atoms. The lowest BCUT2D eigenvalue weighted by molar-refractivity contribution is 0.163. The van der Waals surface area contributed by atoms with Crippen molar-refractivity contribution in [2.24, 2.45) is 5.92 Å². The quantitative estimate of drug-likeness (QED) is 0.862. The predicted molar refractivity (Wildman–Crippen MR) is 72.3 cm³/mol. The van der Waals surface area contributed by atoms with E-state index >= 15 is 0 Å². The minimum Gasteiger partial charge on any atom is -0.388 e. The second kappa shape index (κ2) is 5.54. The molecule has 2 atom stereocenters. The zero-order chi connectivity index (χ0) is 12.3. The van der Waals surface area contributed by atoms with Crippen molar-refractivity contribution < 1.29 is 5.11 Å². The maximum atomic E-state index is 9.99. The SMILES string of the molecule is CCCC(C)CN1CCC(O)c2ccccc21. The highest BCUT2D eigenvalue weighted by molar-refractivity contribution is 5.56. The van der Waals surface area contributed by atoms with E-state index in [9.17, 15) is 5.11 Å². The third kappa shape index (κ3) is 2.81. The molecule has 0 saturated carbocycles. The summed E-state index contributed by atoms with van der Waals surface area (Å²) in [7, 11) is 0. The van der Waals surface area contributed by atoms with Crippen LogP contribution in [-0.2, 0) is 0 Å². The van der Waals surface area contributed by atoms with Gasteiger partial charge in [0.2, 0.25) is 0 Å². The summed E-state index contributed by atoms with van der Waals surface area (Å²) in [5.74, 6) is 0.725. The van der Waals surface area contributed by atoms with Crippen molar-refractivity contribution in [3.8, 4) is 0 Å². The highest BCUT2D eigenvalue weighted by atomic mass is 16.3. The Morgan fingerprint density at radius 2 is 2.18 bits per heavy atom. The van der Waals surface area contributed by atoms with Gasteiger partial charge in [-0.2, -0.15) is 0 Å². The van der Waals surface area contributed by atoms with Crippen molar-refractivity contribution in [1.82, 2.24) is 0 Å². The van der Waals surface area contributed by atoms with Gasteiger partial charge in [-0.15, -0.1) is 0 Å². The number of anilines is 1. The maximum absolute atomic E-state index is 9.99. The Labute approximate surface area is 104 Å². The van der Waals surface area contributed by atoms with Gasteiger partial charge in [0.25, 0.3) is 0 Å². The highest BCUT2D eigenvalue weighted by Crippen LogP contribution is 2.33. The first-order valence-corrected chi connectivity index (χ1v) is 6.74. The van der Waals surface area contributed by atoms with E-state index in [0.717, 1.165) is 31.0 Å².